The Bertz CT molecular complexity index is 470. The maximum Gasteiger partial charge on any atom is 0.0402 e. The van der Waals surface area contributed by atoms with Gasteiger partial charge in [-0.05, 0) is 44.4 Å². The minimum Gasteiger partial charge on any atom is -0.454 e. The molecule has 1 heterocycles. The fourth-order valence-electron chi connectivity index (χ4n) is 2.29. The Hall–Kier alpha value is 0.0431. The summed E-state index contributed by atoms with van der Waals surface area (Å²) in [6.07, 6.45) is 3.41. The molecule has 0 bridgehead atoms. The first-order valence-electron chi connectivity index (χ1n) is 11.3. The first-order chi connectivity index (χ1) is 13.3. The number of aliphatic hydroxyl groups is 3. The molecule has 0 radical (unpaired) electrons. The van der Waals surface area contributed by atoms with Crippen molar-refractivity contribution >= 4 is 0 Å². The molecule has 0 unspecified atom stereocenters. The van der Waals surface area contributed by atoms with Crippen molar-refractivity contribution in [3.8, 4) is 0 Å². The number of rotatable bonds is 6. The van der Waals surface area contributed by atoms with Crippen LogP contribution < -0.4 is 0 Å². The van der Waals surface area contributed by atoms with E-state index in [4.69, 9.17) is 15.3 Å². The predicted molar refractivity (Wildman–Crippen MR) is 128 cm³/mol. The van der Waals surface area contributed by atoms with E-state index in [1.165, 1.54) is 17.0 Å². The monoisotopic (exact) mass is 504 g/mol. The van der Waals surface area contributed by atoms with E-state index in [2.05, 4.69) is 73.4 Å². The number of hydrogen-bond acceptors (Lipinski definition) is 3. The number of aliphatic hydroxyl groups excluding tert-OH is 3. The second-order valence-corrected chi connectivity index (χ2v) is 9.04. The first kappa shape index (κ1) is 37.4. The van der Waals surface area contributed by atoms with E-state index >= 15 is 0 Å². The number of H-pyrrole nitrogens is 1. The van der Waals surface area contributed by atoms with Crippen molar-refractivity contribution in [1.29, 1.82) is 0 Å². The van der Waals surface area contributed by atoms with Crippen molar-refractivity contribution in [2.45, 2.75) is 119 Å². The minimum atomic E-state index is 0. The smallest absolute Gasteiger partial charge is 0.0402 e. The van der Waals surface area contributed by atoms with Crippen molar-refractivity contribution in [3.05, 3.63) is 23.0 Å². The van der Waals surface area contributed by atoms with Gasteiger partial charge in [0.1, 0.15) is 0 Å². The van der Waals surface area contributed by atoms with E-state index in [9.17, 15) is 0 Å². The molecule has 4 N–H and O–H groups in total. The number of hydrogen-bond donors (Lipinski definition) is 4. The summed E-state index contributed by atoms with van der Waals surface area (Å²) >= 11 is 0. The van der Waals surface area contributed by atoms with Crippen molar-refractivity contribution < 1.29 is 41.5 Å². The largest absolute Gasteiger partial charge is 0.454 e. The fraction of sp³-hybridized carbons (Fsp3) is 0.840. The van der Waals surface area contributed by atoms with Crippen LogP contribution in [0, 0.1) is 6.07 Å². The Kier molecular flexibility index (Phi) is 23.2. The fourth-order valence-corrected chi connectivity index (χ4v) is 2.29. The van der Waals surface area contributed by atoms with Gasteiger partial charge in [0.15, 0.2) is 0 Å². The van der Waals surface area contributed by atoms with Crippen molar-refractivity contribution in [1.82, 2.24) is 4.98 Å². The van der Waals surface area contributed by atoms with Crippen LogP contribution >= 0.6 is 0 Å². The third-order valence-corrected chi connectivity index (χ3v) is 5.43. The van der Waals surface area contributed by atoms with Crippen molar-refractivity contribution in [2.24, 2.45) is 0 Å². The Morgan fingerprint density at radius 1 is 0.633 bits per heavy atom. The molecule has 1 aromatic rings. The molecule has 0 spiro atoms. The van der Waals surface area contributed by atoms with E-state index < -0.39 is 0 Å². The minimum absolute atomic E-state index is 0. The molecule has 0 saturated carbocycles. The standard InChI is InChI=1S/C19H34N.3C2H6O.Zr/c1-10-17(4,5)14-13-15(18(6,7)11-2)20-16(14)19(8,9)12-3;3*1-2-3;/h20H,10-12H2,1-9H3;3*3H,2H2,1H3;/q-1;;;;. The van der Waals surface area contributed by atoms with Crippen molar-refractivity contribution in [3.63, 3.8) is 0 Å². The third kappa shape index (κ3) is 13.5. The van der Waals surface area contributed by atoms with Gasteiger partial charge in [0.05, 0.1) is 0 Å². The molecule has 30 heavy (non-hydrogen) atoms. The molecule has 5 heteroatoms. The second kappa shape index (κ2) is 18.6. The van der Waals surface area contributed by atoms with Gasteiger partial charge in [-0.15, -0.1) is 5.69 Å². The topological polar surface area (TPSA) is 76.5 Å². The SMILES string of the molecule is CCC(C)(C)c1[c-]c(C(C)(C)CC)c(C(C)(C)CC)[nH]1.CCO.CCO.CCO.[Zr]. The number of aromatic nitrogens is 1. The molecule has 1 rings (SSSR count). The number of aromatic amines is 1. The zero-order valence-electron chi connectivity index (χ0n) is 22.1. The summed E-state index contributed by atoms with van der Waals surface area (Å²) < 4.78 is 0. The van der Waals surface area contributed by atoms with Gasteiger partial charge in [0, 0.05) is 46.0 Å². The van der Waals surface area contributed by atoms with Crippen LogP contribution in [0.4, 0.5) is 0 Å². The molecule has 0 aromatic carbocycles. The van der Waals surface area contributed by atoms with Gasteiger partial charge in [-0.2, -0.15) is 5.56 Å². The van der Waals surface area contributed by atoms with Crippen LogP contribution in [0.5, 0.6) is 0 Å². The molecule has 0 amide bonds. The molecule has 0 aliphatic rings. The summed E-state index contributed by atoms with van der Waals surface area (Å²) in [6, 6.07) is 3.75. The van der Waals surface area contributed by atoms with Crippen LogP contribution in [0.2, 0.25) is 0 Å². The van der Waals surface area contributed by atoms with Gasteiger partial charge in [0.25, 0.3) is 0 Å². The van der Waals surface area contributed by atoms with Gasteiger partial charge in [-0.25, -0.2) is 6.07 Å². The van der Waals surface area contributed by atoms with Crippen LogP contribution in [-0.2, 0) is 42.4 Å². The van der Waals surface area contributed by atoms with E-state index in [1.807, 2.05) is 0 Å². The maximum absolute atomic E-state index is 7.57. The zero-order chi connectivity index (χ0) is 23.9. The van der Waals surface area contributed by atoms with E-state index in [-0.39, 0.29) is 62.3 Å². The average Bonchev–Trinajstić information content (AvgIpc) is 3.12. The average molecular weight is 506 g/mol. The Labute approximate surface area is 207 Å². The van der Waals surface area contributed by atoms with Gasteiger partial charge in [-0.1, -0.05) is 79.8 Å². The van der Waals surface area contributed by atoms with Crippen molar-refractivity contribution in [2.75, 3.05) is 19.8 Å². The molecular formula is C25H52NO3Zr-. The van der Waals surface area contributed by atoms with Crippen LogP contribution in [0.3, 0.4) is 0 Å². The molecular weight excluding hydrogens is 454 g/mol. The molecule has 0 aliphatic carbocycles. The summed E-state index contributed by atoms with van der Waals surface area (Å²) in [7, 11) is 0. The molecule has 0 saturated heterocycles. The molecule has 1 aromatic heterocycles. The molecule has 0 fully saturated rings. The van der Waals surface area contributed by atoms with E-state index in [1.54, 1.807) is 20.8 Å². The normalized spacial score (nSPS) is 11.0. The molecule has 180 valence electrons. The number of nitrogens with one attached hydrogen (secondary N) is 1. The Morgan fingerprint density at radius 2 is 0.933 bits per heavy atom. The zero-order valence-corrected chi connectivity index (χ0v) is 24.5. The predicted octanol–water partition coefficient (Wildman–Crippen LogP) is 5.87. The summed E-state index contributed by atoms with van der Waals surface area (Å²) in [4.78, 5) is 3.75. The van der Waals surface area contributed by atoms with Crippen LogP contribution in [0.15, 0.2) is 0 Å². The summed E-state index contributed by atoms with van der Waals surface area (Å²) in [5.41, 5.74) is 4.58. The Balaban J connectivity index is -0.000000289. The van der Waals surface area contributed by atoms with Gasteiger partial charge in [0.2, 0.25) is 0 Å². The van der Waals surface area contributed by atoms with E-state index in [0.717, 1.165) is 19.3 Å². The second-order valence-electron chi connectivity index (χ2n) is 9.04. The summed E-state index contributed by atoms with van der Waals surface area (Å²) in [6.45, 7) is 26.6. The van der Waals surface area contributed by atoms with Crippen LogP contribution in [-0.4, -0.2) is 40.1 Å². The quantitative estimate of drug-likeness (QED) is 0.365. The first-order valence-corrected chi connectivity index (χ1v) is 11.3. The molecule has 4 nitrogen and oxygen atoms in total. The van der Waals surface area contributed by atoms with Gasteiger partial charge < -0.3 is 20.3 Å². The van der Waals surface area contributed by atoms with E-state index in [0.29, 0.717) is 0 Å². The molecule has 0 aliphatic heterocycles. The summed E-state index contributed by atoms with van der Waals surface area (Å²) in [5.74, 6) is 0. The van der Waals surface area contributed by atoms with Gasteiger partial charge >= 0.3 is 0 Å². The van der Waals surface area contributed by atoms with Crippen LogP contribution in [0.1, 0.15) is 119 Å². The van der Waals surface area contributed by atoms with Crippen LogP contribution in [0.25, 0.3) is 0 Å². The summed E-state index contributed by atoms with van der Waals surface area (Å²) in [5, 5.41) is 22.7. The molecule has 0 atom stereocenters. The van der Waals surface area contributed by atoms with Gasteiger partial charge in [-0.3, -0.25) is 0 Å². The maximum atomic E-state index is 7.57. The third-order valence-electron chi connectivity index (χ3n) is 5.43. The Morgan fingerprint density at radius 3 is 1.20 bits per heavy atom.